The first-order chi connectivity index (χ1) is 12.6. The molecule has 2 aliphatic heterocycles. The van der Waals surface area contributed by atoms with E-state index in [1.54, 1.807) is 4.68 Å². The van der Waals surface area contributed by atoms with Gasteiger partial charge < -0.3 is 9.80 Å². The van der Waals surface area contributed by atoms with Crippen molar-refractivity contribution in [1.29, 1.82) is 0 Å². The fourth-order valence-corrected chi connectivity index (χ4v) is 4.17. The topological polar surface area (TPSA) is 58.4 Å². The number of benzene rings is 1. The molecule has 1 aromatic heterocycles. The summed E-state index contributed by atoms with van der Waals surface area (Å²) in [5.74, 6) is -0.176. The monoisotopic (exact) mass is 358 g/mol. The van der Waals surface area contributed by atoms with Crippen LogP contribution >= 0.6 is 0 Å². The minimum absolute atomic E-state index is 0.0492. The summed E-state index contributed by atoms with van der Waals surface area (Å²) in [5.41, 5.74) is 1.42. The van der Waals surface area contributed by atoms with Gasteiger partial charge in [-0.25, -0.2) is 0 Å². The van der Waals surface area contributed by atoms with Gasteiger partial charge in [-0.3, -0.25) is 18.7 Å². The van der Waals surface area contributed by atoms with E-state index in [1.165, 1.54) is 0 Å². The first kappa shape index (κ1) is 17.0. The zero-order valence-electron chi connectivity index (χ0n) is 14.9. The molecule has 7 heteroatoms. The maximum absolute atomic E-state index is 12.9. The van der Waals surface area contributed by atoms with Crippen molar-refractivity contribution in [1.82, 2.24) is 19.6 Å². The predicted octanol–water partition coefficient (Wildman–Crippen LogP) is 2.00. The second-order valence-electron chi connectivity index (χ2n) is 7.28. The number of nitrogens with zero attached hydrogens (tertiary/aromatic N) is 4. The summed E-state index contributed by atoms with van der Waals surface area (Å²) in [6, 6.07) is 7.83. The van der Waals surface area contributed by atoms with Gasteiger partial charge in [-0.2, -0.15) is 5.10 Å². The Morgan fingerprint density at radius 1 is 1.27 bits per heavy atom. The predicted molar refractivity (Wildman–Crippen MR) is 95.4 cm³/mol. The van der Waals surface area contributed by atoms with E-state index in [0.29, 0.717) is 31.7 Å². The van der Waals surface area contributed by atoms with Gasteiger partial charge in [0.25, 0.3) is 5.91 Å². The van der Waals surface area contributed by atoms with E-state index in [9.17, 15) is 14.0 Å². The first-order valence-corrected chi connectivity index (χ1v) is 9.15. The van der Waals surface area contributed by atoms with Crippen LogP contribution in [0.5, 0.6) is 0 Å². The summed E-state index contributed by atoms with van der Waals surface area (Å²) in [4.78, 5) is 28.7. The second kappa shape index (κ2) is 6.70. The zero-order valence-corrected chi connectivity index (χ0v) is 14.9. The number of hydrogen-bond donors (Lipinski definition) is 0. The molecule has 2 amide bonds. The molecule has 2 aliphatic rings. The Kier molecular flexibility index (Phi) is 4.38. The van der Waals surface area contributed by atoms with Gasteiger partial charge in [0.2, 0.25) is 5.91 Å². The SMILES string of the molecule is Cn1nc(C(=O)N2CCC(N3CC(CF)CC3=O)CC2)c2ccccc21. The number of aromatic nitrogens is 2. The average Bonchev–Trinajstić information content (AvgIpc) is 3.22. The van der Waals surface area contributed by atoms with Gasteiger partial charge in [-0.05, 0) is 18.9 Å². The van der Waals surface area contributed by atoms with E-state index < -0.39 is 6.67 Å². The molecule has 2 fully saturated rings. The maximum atomic E-state index is 12.9. The summed E-state index contributed by atoms with van der Waals surface area (Å²) in [6.07, 6.45) is 1.79. The number of likely N-dealkylation sites (tertiary alicyclic amines) is 2. The lowest BCUT2D eigenvalue weighted by Crippen LogP contribution is -2.47. The number of fused-ring (bicyclic) bond motifs is 1. The summed E-state index contributed by atoms with van der Waals surface area (Å²) in [6.45, 7) is 1.27. The van der Waals surface area contributed by atoms with Gasteiger partial charge >= 0.3 is 0 Å². The highest BCUT2D eigenvalue weighted by Gasteiger charge is 2.36. The van der Waals surface area contributed by atoms with Crippen molar-refractivity contribution in [3.63, 3.8) is 0 Å². The zero-order chi connectivity index (χ0) is 18.3. The van der Waals surface area contributed by atoms with Crippen molar-refractivity contribution < 1.29 is 14.0 Å². The number of hydrogen-bond acceptors (Lipinski definition) is 3. The van der Waals surface area contributed by atoms with Crippen molar-refractivity contribution in [3.05, 3.63) is 30.0 Å². The van der Waals surface area contributed by atoms with Crippen molar-refractivity contribution in [2.24, 2.45) is 13.0 Å². The Morgan fingerprint density at radius 3 is 2.69 bits per heavy atom. The lowest BCUT2D eigenvalue weighted by atomic mass is 10.0. The van der Waals surface area contributed by atoms with Gasteiger partial charge in [0.15, 0.2) is 5.69 Å². The van der Waals surface area contributed by atoms with Gasteiger partial charge in [0, 0.05) is 50.4 Å². The summed E-state index contributed by atoms with van der Waals surface area (Å²) >= 11 is 0. The molecule has 2 saturated heterocycles. The van der Waals surface area contributed by atoms with Crippen LogP contribution in [0.15, 0.2) is 24.3 Å². The quantitative estimate of drug-likeness (QED) is 0.843. The van der Waals surface area contributed by atoms with Crippen molar-refractivity contribution >= 4 is 22.7 Å². The molecule has 26 heavy (non-hydrogen) atoms. The third-order valence-electron chi connectivity index (χ3n) is 5.61. The van der Waals surface area contributed by atoms with Crippen molar-refractivity contribution in [2.75, 3.05) is 26.3 Å². The molecule has 0 spiro atoms. The number of rotatable bonds is 3. The molecular weight excluding hydrogens is 335 g/mol. The number of carbonyl (C=O) groups excluding carboxylic acids is 2. The molecule has 138 valence electrons. The Labute approximate surface area is 151 Å². The molecule has 1 aromatic carbocycles. The Morgan fingerprint density at radius 2 is 2.00 bits per heavy atom. The molecule has 0 bridgehead atoms. The fourth-order valence-electron chi connectivity index (χ4n) is 4.17. The van der Waals surface area contributed by atoms with Crippen LogP contribution in [0.2, 0.25) is 0 Å². The number of amides is 2. The molecule has 2 aromatic rings. The standard InChI is InChI=1S/C19H23FN4O2/c1-22-16-5-3-2-4-15(16)18(21-22)19(26)23-8-6-14(7-9-23)24-12-13(11-20)10-17(24)25/h2-5,13-14H,6-12H2,1H3. The van der Waals surface area contributed by atoms with E-state index in [2.05, 4.69) is 5.10 Å². The normalized spacial score (nSPS) is 21.8. The number of halogens is 1. The fraction of sp³-hybridized carbons (Fsp3) is 0.526. The molecule has 0 saturated carbocycles. The lowest BCUT2D eigenvalue weighted by molar-refractivity contribution is -0.130. The number of alkyl halides is 1. The molecule has 6 nitrogen and oxygen atoms in total. The third kappa shape index (κ3) is 2.85. The number of para-hydroxylation sites is 1. The van der Waals surface area contributed by atoms with Gasteiger partial charge in [-0.1, -0.05) is 18.2 Å². The van der Waals surface area contributed by atoms with Crippen LogP contribution < -0.4 is 0 Å². The largest absolute Gasteiger partial charge is 0.339 e. The van der Waals surface area contributed by atoms with Gasteiger partial charge in [-0.15, -0.1) is 0 Å². The van der Waals surface area contributed by atoms with Crippen LogP contribution in [0.25, 0.3) is 10.9 Å². The molecule has 1 unspecified atom stereocenters. The lowest BCUT2D eigenvalue weighted by Gasteiger charge is -2.36. The Hall–Kier alpha value is -2.44. The van der Waals surface area contributed by atoms with E-state index in [1.807, 2.05) is 41.1 Å². The summed E-state index contributed by atoms with van der Waals surface area (Å²) in [5, 5.41) is 5.28. The number of piperidine rings is 1. The van der Waals surface area contributed by atoms with Crippen molar-refractivity contribution in [3.8, 4) is 0 Å². The molecule has 3 heterocycles. The van der Waals surface area contributed by atoms with Crippen LogP contribution in [-0.4, -0.2) is 63.7 Å². The van der Waals surface area contributed by atoms with E-state index >= 15 is 0 Å². The van der Waals surface area contributed by atoms with E-state index in [0.717, 1.165) is 23.7 Å². The Balaban J connectivity index is 1.45. The second-order valence-corrected chi connectivity index (χ2v) is 7.28. The third-order valence-corrected chi connectivity index (χ3v) is 5.61. The number of carbonyl (C=O) groups is 2. The van der Waals surface area contributed by atoms with Crippen LogP contribution in [0, 0.1) is 5.92 Å². The van der Waals surface area contributed by atoms with Gasteiger partial charge in [0.1, 0.15) is 0 Å². The average molecular weight is 358 g/mol. The highest BCUT2D eigenvalue weighted by molar-refractivity contribution is 6.04. The van der Waals surface area contributed by atoms with Crippen molar-refractivity contribution in [2.45, 2.75) is 25.3 Å². The summed E-state index contributed by atoms with van der Waals surface area (Å²) in [7, 11) is 1.84. The molecule has 0 N–H and O–H groups in total. The minimum Gasteiger partial charge on any atom is -0.339 e. The van der Waals surface area contributed by atoms with Crippen LogP contribution in [0.3, 0.4) is 0 Å². The molecule has 4 rings (SSSR count). The molecule has 1 atom stereocenters. The summed E-state index contributed by atoms with van der Waals surface area (Å²) < 4.78 is 14.6. The molecular formula is C19H23FN4O2. The molecule has 0 aliphatic carbocycles. The highest BCUT2D eigenvalue weighted by Crippen LogP contribution is 2.27. The Bertz CT molecular complexity index is 841. The highest BCUT2D eigenvalue weighted by atomic mass is 19.1. The minimum atomic E-state index is -0.438. The van der Waals surface area contributed by atoms with E-state index in [-0.39, 0.29) is 23.8 Å². The number of aryl methyl sites for hydroxylation is 1. The van der Waals surface area contributed by atoms with Gasteiger partial charge in [0.05, 0.1) is 12.2 Å². The first-order valence-electron chi connectivity index (χ1n) is 9.15. The van der Waals surface area contributed by atoms with E-state index in [4.69, 9.17) is 0 Å². The van der Waals surface area contributed by atoms with Crippen LogP contribution in [0.1, 0.15) is 29.8 Å². The maximum Gasteiger partial charge on any atom is 0.275 e. The van der Waals surface area contributed by atoms with Crippen LogP contribution in [0.4, 0.5) is 4.39 Å². The molecule has 0 radical (unpaired) electrons. The smallest absolute Gasteiger partial charge is 0.275 e. The van der Waals surface area contributed by atoms with Crippen LogP contribution in [-0.2, 0) is 11.8 Å².